The van der Waals surface area contributed by atoms with Gasteiger partial charge in [0.1, 0.15) is 5.69 Å². The second kappa shape index (κ2) is 5.65. The second-order valence-electron chi connectivity index (χ2n) is 4.85. The Balaban J connectivity index is 2.10. The van der Waals surface area contributed by atoms with E-state index in [0.717, 1.165) is 16.5 Å². The van der Waals surface area contributed by atoms with Crippen molar-refractivity contribution in [2.45, 2.75) is 6.92 Å². The summed E-state index contributed by atoms with van der Waals surface area (Å²) in [7, 11) is 1.31. The summed E-state index contributed by atoms with van der Waals surface area (Å²) in [6, 6.07) is 9.27. The third-order valence-corrected chi connectivity index (χ3v) is 4.20. The molecule has 112 valence electrons. The molecule has 5 nitrogen and oxygen atoms in total. The molecular weight excluding hydrogens is 300 g/mol. The van der Waals surface area contributed by atoms with E-state index in [2.05, 4.69) is 10.3 Å². The Hall–Kier alpha value is -2.60. The van der Waals surface area contributed by atoms with E-state index in [4.69, 9.17) is 4.74 Å². The lowest BCUT2D eigenvalue weighted by atomic mass is 10.1. The fraction of sp³-hybridized carbons (Fsp3) is 0.125. The topological polar surface area (TPSA) is 71.2 Å². The van der Waals surface area contributed by atoms with Gasteiger partial charge in [0.05, 0.1) is 17.7 Å². The number of anilines is 1. The molecule has 6 heteroatoms. The Bertz CT molecular complexity index is 850. The molecule has 1 amide bonds. The summed E-state index contributed by atoms with van der Waals surface area (Å²) in [5.41, 5.74) is 2.50. The first-order chi connectivity index (χ1) is 10.6. The fourth-order valence-electron chi connectivity index (χ4n) is 2.27. The van der Waals surface area contributed by atoms with Crippen LogP contribution in [0, 0.1) is 6.92 Å². The number of carbonyl (C=O) groups is 2. The monoisotopic (exact) mass is 314 g/mol. The zero-order chi connectivity index (χ0) is 15.7. The van der Waals surface area contributed by atoms with Gasteiger partial charge in [-0.15, -0.1) is 11.3 Å². The van der Waals surface area contributed by atoms with Crippen LogP contribution in [0.4, 0.5) is 5.69 Å². The minimum Gasteiger partial charge on any atom is -0.464 e. The van der Waals surface area contributed by atoms with Crippen LogP contribution in [0.2, 0.25) is 0 Å². The molecule has 0 spiro atoms. The molecule has 0 aliphatic rings. The lowest BCUT2D eigenvalue weighted by molar-refractivity contribution is 0.0596. The minimum atomic E-state index is -0.518. The van der Waals surface area contributed by atoms with Gasteiger partial charge in [-0.2, -0.15) is 0 Å². The van der Waals surface area contributed by atoms with Gasteiger partial charge in [0.15, 0.2) is 0 Å². The van der Waals surface area contributed by atoms with Crippen molar-refractivity contribution < 1.29 is 14.3 Å². The van der Waals surface area contributed by atoms with Gasteiger partial charge < -0.3 is 15.0 Å². The lowest BCUT2D eigenvalue weighted by Gasteiger charge is -2.05. The fourth-order valence-corrected chi connectivity index (χ4v) is 2.89. The van der Waals surface area contributed by atoms with Crippen LogP contribution in [0.15, 0.2) is 35.7 Å². The Morgan fingerprint density at radius 1 is 1.27 bits per heavy atom. The average molecular weight is 314 g/mol. The molecule has 3 aromatic rings. The van der Waals surface area contributed by atoms with Gasteiger partial charge in [-0.05, 0) is 30.5 Å². The quantitative estimate of drug-likeness (QED) is 0.726. The highest BCUT2D eigenvalue weighted by atomic mass is 32.1. The predicted octanol–water partition coefficient (Wildman–Crippen LogP) is 3.58. The van der Waals surface area contributed by atoms with Crippen molar-refractivity contribution in [2.75, 3.05) is 12.4 Å². The Morgan fingerprint density at radius 3 is 2.77 bits per heavy atom. The van der Waals surface area contributed by atoms with E-state index in [1.165, 1.54) is 18.4 Å². The van der Waals surface area contributed by atoms with Crippen LogP contribution in [0.25, 0.3) is 10.9 Å². The first kappa shape index (κ1) is 14.3. The first-order valence-corrected chi connectivity index (χ1v) is 7.53. The van der Waals surface area contributed by atoms with Gasteiger partial charge in [0, 0.05) is 10.9 Å². The van der Waals surface area contributed by atoms with Crippen LogP contribution < -0.4 is 5.32 Å². The zero-order valence-electron chi connectivity index (χ0n) is 12.1. The van der Waals surface area contributed by atoms with Gasteiger partial charge in [-0.3, -0.25) is 4.79 Å². The van der Waals surface area contributed by atoms with Crippen molar-refractivity contribution in [2.24, 2.45) is 0 Å². The van der Waals surface area contributed by atoms with Crippen molar-refractivity contribution in [3.05, 3.63) is 51.8 Å². The van der Waals surface area contributed by atoms with Gasteiger partial charge in [0.2, 0.25) is 0 Å². The largest absolute Gasteiger partial charge is 0.464 e. The van der Waals surface area contributed by atoms with Crippen molar-refractivity contribution in [1.29, 1.82) is 0 Å². The number of amides is 1. The summed E-state index contributed by atoms with van der Waals surface area (Å²) in [5.74, 6) is -0.766. The number of carbonyl (C=O) groups excluding carboxylic acids is 2. The summed E-state index contributed by atoms with van der Waals surface area (Å²) >= 11 is 1.34. The Morgan fingerprint density at radius 2 is 2.09 bits per heavy atom. The van der Waals surface area contributed by atoms with E-state index < -0.39 is 5.97 Å². The number of H-pyrrole nitrogens is 1. The third kappa shape index (κ3) is 2.48. The maximum Gasteiger partial charge on any atom is 0.356 e. The molecule has 0 radical (unpaired) electrons. The molecule has 0 saturated carbocycles. The SMILES string of the molecule is COC(=O)c1[nH]c2ccc(C)cc2c1NC(=O)c1cccs1. The number of esters is 1. The minimum absolute atomic E-state index is 0.244. The number of aromatic nitrogens is 1. The van der Waals surface area contributed by atoms with E-state index in [-0.39, 0.29) is 11.6 Å². The molecule has 0 bridgehead atoms. The normalized spacial score (nSPS) is 10.6. The molecule has 2 heterocycles. The number of methoxy groups -OCH3 is 1. The number of ether oxygens (including phenoxy) is 1. The molecule has 0 aliphatic carbocycles. The van der Waals surface area contributed by atoms with Crippen molar-refractivity contribution >= 4 is 39.8 Å². The number of hydrogen-bond acceptors (Lipinski definition) is 4. The molecular formula is C16H14N2O3S. The number of benzene rings is 1. The summed E-state index contributed by atoms with van der Waals surface area (Å²) in [4.78, 5) is 27.8. The number of fused-ring (bicyclic) bond motifs is 1. The van der Waals surface area contributed by atoms with E-state index in [9.17, 15) is 9.59 Å². The summed E-state index contributed by atoms with van der Waals surface area (Å²) in [6.07, 6.45) is 0. The Labute approximate surface area is 130 Å². The predicted molar refractivity (Wildman–Crippen MR) is 86.6 cm³/mol. The molecule has 0 saturated heterocycles. The molecule has 0 fully saturated rings. The second-order valence-corrected chi connectivity index (χ2v) is 5.79. The van der Waals surface area contributed by atoms with Crippen LogP contribution >= 0.6 is 11.3 Å². The summed E-state index contributed by atoms with van der Waals surface area (Å²) < 4.78 is 4.79. The first-order valence-electron chi connectivity index (χ1n) is 6.65. The van der Waals surface area contributed by atoms with E-state index in [0.29, 0.717) is 10.6 Å². The summed E-state index contributed by atoms with van der Waals surface area (Å²) in [6.45, 7) is 1.95. The Kier molecular flexibility index (Phi) is 3.68. The molecule has 2 aromatic heterocycles. The van der Waals surface area contributed by atoms with Crippen molar-refractivity contribution in [1.82, 2.24) is 4.98 Å². The van der Waals surface area contributed by atoms with Gasteiger partial charge in [0.25, 0.3) is 5.91 Å². The number of hydrogen-bond donors (Lipinski definition) is 2. The molecule has 0 unspecified atom stereocenters. The van der Waals surface area contributed by atoms with E-state index in [1.54, 1.807) is 12.1 Å². The third-order valence-electron chi connectivity index (χ3n) is 3.33. The van der Waals surface area contributed by atoms with Crippen LogP contribution in [-0.2, 0) is 4.74 Å². The highest BCUT2D eigenvalue weighted by Gasteiger charge is 2.21. The number of thiophene rings is 1. The lowest BCUT2D eigenvalue weighted by Crippen LogP contribution is -2.13. The standard InChI is InChI=1S/C16H14N2O3S/c1-9-5-6-11-10(8-9)13(14(17-11)16(20)21-2)18-15(19)12-4-3-7-22-12/h3-8,17H,1-2H3,(H,18,19). The molecule has 0 aliphatic heterocycles. The summed E-state index contributed by atoms with van der Waals surface area (Å²) in [5, 5.41) is 5.43. The molecule has 2 N–H and O–H groups in total. The molecule has 0 atom stereocenters. The van der Waals surface area contributed by atoms with E-state index in [1.807, 2.05) is 30.5 Å². The van der Waals surface area contributed by atoms with Crippen LogP contribution in [0.5, 0.6) is 0 Å². The van der Waals surface area contributed by atoms with Crippen molar-refractivity contribution in [3.63, 3.8) is 0 Å². The number of rotatable bonds is 3. The van der Waals surface area contributed by atoms with Gasteiger partial charge in [-0.25, -0.2) is 4.79 Å². The molecule has 22 heavy (non-hydrogen) atoms. The maximum absolute atomic E-state index is 12.3. The van der Waals surface area contributed by atoms with Gasteiger partial charge in [-0.1, -0.05) is 17.7 Å². The highest BCUT2D eigenvalue weighted by Crippen LogP contribution is 2.30. The van der Waals surface area contributed by atoms with E-state index >= 15 is 0 Å². The van der Waals surface area contributed by atoms with Crippen LogP contribution in [0.1, 0.15) is 25.7 Å². The smallest absolute Gasteiger partial charge is 0.356 e. The highest BCUT2D eigenvalue weighted by molar-refractivity contribution is 7.12. The average Bonchev–Trinajstić information content (AvgIpc) is 3.15. The maximum atomic E-state index is 12.3. The molecule has 1 aromatic carbocycles. The number of aromatic amines is 1. The zero-order valence-corrected chi connectivity index (χ0v) is 12.9. The number of nitrogens with one attached hydrogen (secondary N) is 2. The molecule has 3 rings (SSSR count). The van der Waals surface area contributed by atoms with Crippen molar-refractivity contribution in [3.8, 4) is 0 Å². The van der Waals surface area contributed by atoms with Crippen LogP contribution in [-0.4, -0.2) is 24.0 Å². The number of aryl methyl sites for hydroxylation is 1. The van der Waals surface area contributed by atoms with Gasteiger partial charge >= 0.3 is 5.97 Å². The van der Waals surface area contributed by atoms with Crippen LogP contribution in [0.3, 0.4) is 0 Å².